The zero-order valence-electron chi connectivity index (χ0n) is 11.7. The van der Waals surface area contributed by atoms with Gasteiger partial charge in [-0.2, -0.15) is 0 Å². The number of hydrogen-bond acceptors (Lipinski definition) is 4. The number of nitrogens with one attached hydrogen (secondary N) is 1. The Morgan fingerprint density at radius 2 is 1.89 bits per heavy atom. The van der Waals surface area contributed by atoms with Crippen molar-refractivity contribution in [1.29, 1.82) is 0 Å². The Morgan fingerprint density at radius 1 is 1.21 bits per heavy atom. The summed E-state index contributed by atoms with van der Waals surface area (Å²) in [7, 11) is 1.65. The third kappa shape index (κ3) is 5.78. The molecule has 0 saturated heterocycles. The molecule has 0 heterocycles. The highest BCUT2D eigenvalue weighted by Crippen LogP contribution is 2.22. The molecule has 1 rings (SSSR count). The molecule has 4 nitrogen and oxygen atoms in total. The summed E-state index contributed by atoms with van der Waals surface area (Å²) in [6.07, 6.45) is -0.222. The van der Waals surface area contributed by atoms with E-state index in [1.165, 1.54) is 0 Å². The number of benzene rings is 1. The minimum atomic E-state index is -0.222. The Morgan fingerprint density at radius 3 is 2.47 bits per heavy atom. The van der Waals surface area contributed by atoms with Gasteiger partial charge in [-0.05, 0) is 32.0 Å². The first-order chi connectivity index (χ1) is 9.21. The number of halogens is 1. The molecule has 0 fully saturated rings. The Kier molecular flexibility index (Phi) is 7.82. The van der Waals surface area contributed by atoms with Crippen LogP contribution >= 0.6 is 11.6 Å². The average Bonchev–Trinajstić information content (AvgIpc) is 2.39. The second-order valence-corrected chi connectivity index (χ2v) is 4.36. The normalized spacial score (nSPS) is 11.0. The summed E-state index contributed by atoms with van der Waals surface area (Å²) in [5.74, 6) is 0.821. The molecule has 0 atom stereocenters. The largest absolute Gasteiger partial charge is 0.496 e. The minimum absolute atomic E-state index is 0.222. The van der Waals surface area contributed by atoms with Gasteiger partial charge in [-0.3, -0.25) is 0 Å². The Hall–Kier alpha value is -0.810. The van der Waals surface area contributed by atoms with Crippen molar-refractivity contribution in [2.75, 3.05) is 26.9 Å². The molecule has 0 aliphatic heterocycles. The lowest BCUT2D eigenvalue weighted by Gasteiger charge is -2.18. The fourth-order valence-corrected chi connectivity index (χ4v) is 1.94. The summed E-state index contributed by atoms with van der Waals surface area (Å²) in [5, 5.41) is 3.98. The second-order valence-electron chi connectivity index (χ2n) is 3.93. The zero-order valence-corrected chi connectivity index (χ0v) is 12.5. The first kappa shape index (κ1) is 16.2. The van der Waals surface area contributed by atoms with E-state index < -0.39 is 0 Å². The first-order valence-electron chi connectivity index (χ1n) is 6.47. The van der Waals surface area contributed by atoms with Crippen LogP contribution in [0.4, 0.5) is 0 Å². The molecule has 0 bridgehead atoms. The van der Waals surface area contributed by atoms with Gasteiger partial charge < -0.3 is 19.5 Å². The summed E-state index contributed by atoms with van der Waals surface area (Å²) >= 11 is 5.98. The van der Waals surface area contributed by atoms with Crippen molar-refractivity contribution in [3.63, 3.8) is 0 Å². The van der Waals surface area contributed by atoms with Gasteiger partial charge in [0.25, 0.3) is 0 Å². The van der Waals surface area contributed by atoms with E-state index in [1.54, 1.807) is 7.11 Å². The Labute approximate surface area is 120 Å². The van der Waals surface area contributed by atoms with Gasteiger partial charge in [0.2, 0.25) is 0 Å². The molecule has 1 N–H and O–H groups in total. The van der Waals surface area contributed by atoms with E-state index in [0.717, 1.165) is 11.3 Å². The van der Waals surface area contributed by atoms with Gasteiger partial charge in [-0.1, -0.05) is 11.6 Å². The van der Waals surface area contributed by atoms with Crippen molar-refractivity contribution in [3.8, 4) is 5.75 Å². The number of rotatable bonds is 9. The molecule has 1 aromatic rings. The SMILES string of the molecule is CCOC(CNCc1cc(Cl)ccc1OC)OCC. The lowest BCUT2D eigenvalue weighted by molar-refractivity contribution is -0.133. The van der Waals surface area contributed by atoms with Crippen molar-refractivity contribution in [2.24, 2.45) is 0 Å². The first-order valence-corrected chi connectivity index (χ1v) is 6.85. The molecular weight excluding hydrogens is 266 g/mol. The fraction of sp³-hybridized carbons (Fsp3) is 0.571. The highest BCUT2D eigenvalue weighted by molar-refractivity contribution is 6.30. The zero-order chi connectivity index (χ0) is 14.1. The number of ether oxygens (including phenoxy) is 3. The smallest absolute Gasteiger partial charge is 0.169 e. The minimum Gasteiger partial charge on any atom is -0.496 e. The maximum atomic E-state index is 5.98. The van der Waals surface area contributed by atoms with Crippen LogP contribution in [0.15, 0.2) is 18.2 Å². The number of hydrogen-bond donors (Lipinski definition) is 1. The van der Waals surface area contributed by atoms with Crippen LogP contribution in [0.3, 0.4) is 0 Å². The molecule has 19 heavy (non-hydrogen) atoms. The molecule has 0 aliphatic rings. The van der Waals surface area contributed by atoms with Crippen LogP contribution in [0, 0.1) is 0 Å². The average molecular weight is 288 g/mol. The lowest BCUT2D eigenvalue weighted by atomic mass is 10.2. The maximum absolute atomic E-state index is 5.98. The van der Waals surface area contributed by atoms with Gasteiger partial charge in [0, 0.05) is 36.9 Å². The summed E-state index contributed by atoms with van der Waals surface area (Å²) in [6.45, 7) is 6.44. The molecule has 108 valence electrons. The molecular formula is C14H22ClNO3. The molecule has 0 saturated carbocycles. The van der Waals surface area contributed by atoms with Gasteiger partial charge in [-0.15, -0.1) is 0 Å². The van der Waals surface area contributed by atoms with E-state index >= 15 is 0 Å². The second kappa shape index (κ2) is 9.15. The van der Waals surface area contributed by atoms with Crippen LogP contribution < -0.4 is 10.1 Å². The third-order valence-corrected chi connectivity index (χ3v) is 2.81. The van der Waals surface area contributed by atoms with Crippen LogP contribution in [0.5, 0.6) is 5.75 Å². The van der Waals surface area contributed by atoms with E-state index in [4.69, 9.17) is 25.8 Å². The summed E-state index contributed by atoms with van der Waals surface area (Å²) in [6, 6.07) is 5.57. The number of methoxy groups -OCH3 is 1. The van der Waals surface area contributed by atoms with Gasteiger partial charge in [-0.25, -0.2) is 0 Å². The van der Waals surface area contributed by atoms with Gasteiger partial charge in [0.15, 0.2) is 6.29 Å². The topological polar surface area (TPSA) is 39.7 Å². The van der Waals surface area contributed by atoms with E-state index in [1.807, 2.05) is 32.0 Å². The Bertz CT molecular complexity index is 368. The monoisotopic (exact) mass is 287 g/mol. The van der Waals surface area contributed by atoms with Crippen LogP contribution in [0.1, 0.15) is 19.4 Å². The fourth-order valence-electron chi connectivity index (χ4n) is 1.75. The van der Waals surface area contributed by atoms with E-state index in [2.05, 4.69) is 5.32 Å². The van der Waals surface area contributed by atoms with E-state index in [-0.39, 0.29) is 6.29 Å². The van der Waals surface area contributed by atoms with Gasteiger partial charge in [0.1, 0.15) is 5.75 Å². The van der Waals surface area contributed by atoms with Crippen molar-refractivity contribution >= 4 is 11.6 Å². The molecule has 0 aliphatic carbocycles. The highest BCUT2D eigenvalue weighted by atomic mass is 35.5. The molecule has 5 heteroatoms. The van der Waals surface area contributed by atoms with E-state index in [0.29, 0.717) is 31.3 Å². The van der Waals surface area contributed by atoms with Crippen LogP contribution in [0.2, 0.25) is 5.02 Å². The quantitative estimate of drug-likeness (QED) is 0.709. The van der Waals surface area contributed by atoms with Crippen LogP contribution in [-0.4, -0.2) is 33.2 Å². The van der Waals surface area contributed by atoms with Crippen molar-refractivity contribution in [2.45, 2.75) is 26.7 Å². The van der Waals surface area contributed by atoms with Crippen LogP contribution in [0.25, 0.3) is 0 Å². The predicted octanol–water partition coefficient (Wildman–Crippen LogP) is 2.84. The van der Waals surface area contributed by atoms with Crippen molar-refractivity contribution in [1.82, 2.24) is 5.32 Å². The summed E-state index contributed by atoms with van der Waals surface area (Å²) < 4.78 is 16.2. The van der Waals surface area contributed by atoms with Crippen molar-refractivity contribution in [3.05, 3.63) is 28.8 Å². The standard InChI is InChI=1S/C14H22ClNO3/c1-4-18-14(19-5-2)10-16-9-11-8-12(15)6-7-13(11)17-3/h6-8,14,16H,4-5,9-10H2,1-3H3. The summed E-state index contributed by atoms with van der Waals surface area (Å²) in [5.41, 5.74) is 1.02. The van der Waals surface area contributed by atoms with Crippen LogP contribution in [-0.2, 0) is 16.0 Å². The summed E-state index contributed by atoms with van der Waals surface area (Å²) in [4.78, 5) is 0. The molecule has 0 unspecified atom stereocenters. The van der Waals surface area contributed by atoms with Gasteiger partial charge >= 0.3 is 0 Å². The maximum Gasteiger partial charge on any atom is 0.169 e. The third-order valence-electron chi connectivity index (χ3n) is 2.57. The van der Waals surface area contributed by atoms with Crippen molar-refractivity contribution < 1.29 is 14.2 Å². The molecule has 1 aromatic carbocycles. The molecule has 0 aromatic heterocycles. The molecule has 0 amide bonds. The Balaban J connectivity index is 2.49. The lowest BCUT2D eigenvalue weighted by Crippen LogP contribution is -2.31. The highest BCUT2D eigenvalue weighted by Gasteiger charge is 2.08. The van der Waals surface area contributed by atoms with Gasteiger partial charge in [0.05, 0.1) is 7.11 Å². The molecule has 0 radical (unpaired) electrons. The predicted molar refractivity (Wildman–Crippen MR) is 76.8 cm³/mol. The van der Waals surface area contributed by atoms with E-state index in [9.17, 15) is 0 Å². The molecule has 0 spiro atoms.